The van der Waals surface area contributed by atoms with Crippen LogP contribution in [0.4, 0.5) is 10.2 Å². The Morgan fingerprint density at radius 1 is 1.35 bits per heavy atom. The molecule has 2 aromatic rings. The molecule has 1 aromatic heterocycles. The van der Waals surface area contributed by atoms with Gasteiger partial charge in [-0.2, -0.15) is 0 Å². The summed E-state index contributed by atoms with van der Waals surface area (Å²) in [7, 11) is 1.84. The maximum absolute atomic E-state index is 13.2. The van der Waals surface area contributed by atoms with E-state index in [2.05, 4.69) is 15.3 Å². The van der Waals surface area contributed by atoms with Crippen molar-refractivity contribution in [2.45, 2.75) is 19.4 Å². The standard InChI is InChI=1S/C15H16FN3O/c1-17-15-12-9-20-6-5-13(12)18-14(19-15)8-10-3-2-4-11(16)7-10/h2-4,7H,5-6,8-9H2,1H3,(H,17,18,19). The molecule has 0 saturated heterocycles. The number of hydrogen-bond acceptors (Lipinski definition) is 4. The SMILES string of the molecule is CNc1nc(Cc2cccc(F)c2)nc2c1COCC2. The summed E-state index contributed by atoms with van der Waals surface area (Å²) >= 11 is 0. The number of aromatic nitrogens is 2. The molecule has 0 saturated carbocycles. The van der Waals surface area contributed by atoms with Gasteiger partial charge >= 0.3 is 0 Å². The lowest BCUT2D eigenvalue weighted by Crippen LogP contribution is -2.17. The summed E-state index contributed by atoms with van der Waals surface area (Å²) in [4.78, 5) is 9.10. The Kier molecular flexibility index (Phi) is 3.60. The summed E-state index contributed by atoms with van der Waals surface area (Å²) in [6.07, 6.45) is 1.32. The van der Waals surface area contributed by atoms with Gasteiger partial charge < -0.3 is 10.1 Å². The molecule has 0 radical (unpaired) electrons. The van der Waals surface area contributed by atoms with E-state index in [0.717, 1.165) is 29.1 Å². The first kappa shape index (κ1) is 13.0. The molecule has 1 aliphatic rings. The van der Waals surface area contributed by atoms with E-state index in [9.17, 15) is 4.39 Å². The van der Waals surface area contributed by atoms with Gasteiger partial charge in [-0.25, -0.2) is 14.4 Å². The second-order valence-electron chi connectivity index (χ2n) is 4.77. The smallest absolute Gasteiger partial charge is 0.135 e. The van der Waals surface area contributed by atoms with Crippen molar-refractivity contribution in [1.29, 1.82) is 0 Å². The maximum Gasteiger partial charge on any atom is 0.135 e. The number of nitrogens with one attached hydrogen (secondary N) is 1. The molecule has 5 heteroatoms. The Balaban J connectivity index is 1.94. The maximum atomic E-state index is 13.2. The molecule has 3 rings (SSSR count). The van der Waals surface area contributed by atoms with Crippen LogP contribution in [0.5, 0.6) is 0 Å². The summed E-state index contributed by atoms with van der Waals surface area (Å²) < 4.78 is 18.7. The number of fused-ring (bicyclic) bond motifs is 1. The van der Waals surface area contributed by atoms with Crippen LogP contribution in [0.2, 0.25) is 0 Å². The molecule has 1 aromatic carbocycles. The third kappa shape index (κ3) is 2.63. The van der Waals surface area contributed by atoms with Gasteiger partial charge in [0, 0.05) is 25.5 Å². The van der Waals surface area contributed by atoms with Crippen LogP contribution in [0.1, 0.15) is 22.6 Å². The molecule has 0 atom stereocenters. The second kappa shape index (κ2) is 5.54. The van der Waals surface area contributed by atoms with Crippen molar-refractivity contribution in [3.63, 3.8) is 0 Å². The summed E-state index contributed by atoms with van der Waals surface area (Å²) in [6.45, 7) is 1.23. The largest absolute Gasteiger partial charge is 0.376 e. The average Bonchev–Trinajstić information content (AvgIpc) is 2.46. The molecule has 0 unspecified atom stereocenters. The van der Waals surface area contributed by atoms with Crippen LogP contribution in [0, 0.1) is 5.82 Å². The fraction of sp³-hybridized carbons (Fsp3) is 0.333. The molecule has 0 fully saturated rings. The molecule has 0 bridgehead atoms. The quantitative estimate of drug-likeness (QED) is 0.932. The molecule has 4 nitrogen and oxygen atoms in total. The van der Waals surface area contributed by atoms with Gasteiger partial charge in [-0.1, -0.05) is 12.1 Å². The van der Waals surface area contributed by atoms with Crippen LogP contribution in [0.15, 0.2) is 24.3 Å². The Labute approximate surface area is 117 Å². The zero-order valence-corrected chi connectivity index (χ0v) is 11.3. The van der Waals surface area contributed by atoms with Gasteiger partial charge in [0.05, 0.1) is 18.9 Å². The Morgan fingerprint density at radius 2 is 2.25 bits per heavy atom. The topological polar surface area (TPSA) is 47.0 Å². The van der Waals surface area contributed by atoms with Crippen molar-refractivity contribution >= 4 is 5.82 Å². The van der Waals surface area contributed by atoms with Gasteiger partial charge in [-0.3, -0.25) is 0 Å². The van der Waals surface area contributed by atoms with Crippen LogP contribution in [-0.2, 0) is 24.2 Å². The van der Waals surface area contributed by atoms with E-state index in [1.165, 1.54) is 12.1 Å². The number of benzene rings is 1. The van der Waals surface area contributed by atoms with E-state index < -0.39 is 0 Å². The van der Waals surface area contributed by atoms with Crippen LogP contribution >= 0.6 is 0 Å². The van der Waals surface area contributed by atoms with Crippen LogP contribution in [0.25, 0.3) is 0 Å². The van der Waals surface area contributed by atoms with Gasteiger partial charge in [0.25, 0.3) is 0 Å². The first-order valence-corrected chi connectivity index (χ1v) is 6.65. The lowest BCUT2D eigenvalue weighted by Gasteiger charge is -2.19. The zero-order valence-electron chi connectivity index (χ0n) is 11.3. The molecular weight excluding hydrogens is 257 g/mol. The predicted octanol–water partition coefficient (Wildman–Crippen LogP) is 2.32. The van der Waals surface area contributed by atoms with Crippen molar-refractivity contribution in [2.75, 3.05) is 19.0 Å². The van der Waals surface area contributed by atoms with E-state index in [-0.39, 0.29) is 5.82 Å². The second-order valence-corrected chi connectivity index (χ2v) is 4.77. The molecular formula is C15H16FN3O. The number of rotatable bonds is 3. The van der Waals surface area contributed by atoms with E-state index >= 15 is 0 Å². The summed E-state index contributed by atoms with van der Waals surface area (Å²) in [5, 5.41) is 3.09. The Bertz CT molecular complexity index is 613. The normalized spacial score (nSPS) is 13.9. The number of anilines is 1. The van der Waals surface area contributed by atoms with E-state index in [1.54, 1.807) is 6.07 Å². The average molecular weight is 273 g/mol. The van der Waals surface area contributed by atoms with Gasteiger partial charge in [0.15, 0.2) is 0 Å². The third-order valence-electron chi connectivity index (χ3n) is 3.36. The number of halogens is 1. The summed E-state index contributed by atoms with van der Waals surface area (Å²) in [6, 6.07) is 6.54. The van der Waals surface area contributed by atoms with E-state index in [0.29, 0.717) is 25.5 Å². The monoisotopic (exact) mass is 273 g/mol. The van der Waals surface area contributed by atoms with Gasteiger partial charge in [0.1, 0.15) is 17.5 Å². The molecule has 104 valence electrons. The minimum Gasteiger partial charge on any atom is -0.376 e. The van der Waals surface area contributed by atoms with Crippen LogP contribution in [0.3, 0.4) is 0 Å². The first-order valence-electron chi connectivity index (χ1n) is 6.65. The van der Waals surface area contributed by atoms with Gasteiger partial charge in [0.2, 0.25) is 0 Å². The summed E-state index contributed by atoms with van der Waals surface area (Å²) in [5.41, 5.74) is 2.93. The predicted molar refractivity (Wildman–Crippen MR) is 74.1 cm³/mol. The van der Waals surface area contributed by atoms with Crippen molar-refractivity contribution in [1.82, 2.24) is 9.97 Å². The van der Waals surface area contributed by atoms with Crippen LogP contribution < -0.4 is 5.32 Å². The number of ether oxygens (including phenoxy) is 1. The van der Waals surface area contributed by atoms with Crippen molar-refractivity contribution < 1.29 is 9.13 Å². The zero-order chi connectivity index (χ0) is 13.9. The molecule has 0 amide bonds. The highest BCUT2D eigenvalue weighted by Gasteiger charge is 2.17. The van der Waals surface area contributed by atoms with E-state index in [1.807, 2.05) is 13.1 Å². The highest BCUT2D eigenvalue weighted by molar-refractivity contribution is 5.47. The van der Waals surface area contributed by atoms with E-state index in [4.69, 9.17) is 4.74 Å². The van der Waals surface area contributed by atoms with Crippen molar-refractivity contribution in [3.8, 4) is 0 Å². The fourth-order valence-electron chi connectivity index (χ4n) is 2.40. The lowest BCUT2D eigenvalue weighted by atomic mass is 10.1. The molecule has 0 spiro atoms. The van der Waals surface area contributed by atoms with Crippen molar-refractivity contribution in [2.24, 2.45) is 0 Å². The highest BCUT2D eigenvalue weighted by atomic mass is 19.1. The van der Waals surface area contributed by atoms with Crippen LogP contribution in [-0.4, -0.2) is 23.6 Å². The van der Waals surface area contributed by atoms with Crippen molar-refractivity contribution in [3.05, 3.63) is 52.7 Å². The number of nitrogens with zero attached hydrogens (tertiary/aromatic N) is 2. The molecule has 2 heterocycles. The fourth-order valence-corrected chi connectivity index (χ4v) is 2.40. The first-order chi connectivity index (χ1) is 9.76. The Hall–Kier alpha value is -2.01. The minimum atomic E-state index is -0.234. The molecule has 1 aliphatic heterocycles. The molecule has 1 N–H and O–H groups in total. The van der Waals surface area contributed by atoms with Gasteiger partial charge in [-0.05, 0) is 17.7 Å². The lowest BCUT2D eigenvalue weighted by molar-refractivity contribution is 0.109. The minimum absolute atomic E-state index is 0.234. The Morgan fingerprint density at radius 3 is 3.05 bits per heavy atom. The van der Waals surface area contributed by atoms with Gasteiger partial charge in [-0.15, -0.1) is 0 Å². The third-order valence-corrected chi connectivity index (χ3v) is 3.36. The summed E-state index contributed by atoms with van der Waals surface area (Å²) in [5.74, 6) is 1.28. The molecule has 20 heavy (non-hydrogen) atoms. The number of hydrogen-bond donors (Lipinski definition) is 1. The molecule has 0 aliphatic carbocycles. The highest BCUT2D eigenvalue weighted by Crippen LogP contribution is 2.22.